The molecule has 3 aromatic rings. The van der Waals surface area contributed by atoms with Crippen molar-refractivity contribution >= 4 is 28.4 Å². The summed E-state index contributed by atoms with van der Waals surface area (Å²) in [6.07, 6.45) is 0.649. The minimum atomic E-state index is -4.15. The van der Waals surface area contributed by atoms with Crippen LogP contribution in [0.5, 0.6) is 0 Å². The van der Waals surface area contributed by atoms with Crippen molar-refractivity contribution in [2.45, 2.75) is 44.3 Å². The summed E-state index contributed by atoms with van der Waals surface area (Å²) in [6.45, 7) is 0.281. The van der Waals surface area contributed by atoms with Crippen LogP contribution in [0, 0.1) is 0 Å². The van der Waals surface area contributed by atoms with Gasteiger partial charge in [-0.1, -0.05) is 0 Å². The first-order chi connectivity index (χ1) is 13.8. The van der Waals surface area contributed by atoms with Gasteiger partial charge in [0.1, 0.15) is 11.4 Å². The molecule has 1 aromatic carbocycles. The van der Waals surface area contributed by atoms with Crippen molar-refractivity contribution < 1.29 is 23.1 Å². The summed E-state index contributed by atoms with van der Waals surface area (Å²) in [5.74, 6) is -0.367. The summed E-state index contributed by atoms with van der Waals surface area (Å²) in [5.41, 5.74) is 2.56. The van der Waals surface area contributed by atoms with Crippen molar-refractivity contribution in [2.24, 2.45) is 0 Å². The van der Waals surface area contributed by atoms with Gasteiger partial charge in [0.05, 0.1) is 0 Å². The van der Waals surface area contributed by atoms with Gasteiger partial charge in [-0.2, -0.15) is 13.2 Å². The van der Waals surface area contributed by atoms with Crippen molar-refractivity contribution in [3.8, 4) is 0 Å². The Labute approximate surface area is 165 Å². The summed E-state index contributed by atoms with van der Waals surface area (Å²) in [6, 6.07) is 8.91. The number of anilines is 2. The van der Waals surface area contributed by atoms with Crippen molar-refractivity contribution in [1.29, 1.82) is 0 Å². The number of aromatic carboxylic acids is 1. The Bertz CT molecular complexity index is 1050. The van der Waals surface area contributed by atoms with E-state index in [1.807, 2.05) is 18.2 Å². The molecule has 0 atom stereocenters. The maximum atomic E-state index is 12.4. The molecule has 2 aromatic heterocycles. The lowest BCUT2D eigenvalue weighted by atomic mass is 10.1. The fourth-order valence-corrected chi connectivity index (χ4v) is 3.44. The van der Waals surface area contributed by atoms with E-state index in [1.54, 1.807) is 29.1 Å². The van der Waals surface area contributed by atoms with Crippen LogP contribution in [-0.4, -0.2) is 26.8 Å². The van der Waals surface area contributed by atoms with Crippen molar-refractivity contribution in [2.75, 3.05) is 5.32 Å². The minimum absolute atomic E-state index is 0.0204. The van der Waals surface area contributed by atoms with Crippen LogP contribution in [0.15, 0.2) is 42.7 Å². The Morgan fingerprint density at radius 3 is 2.72 bits per heavy atom. The number of carboxylic acids is 1. The second kappa shape index (κ2) is 7.42. The van der Waals surface area contributed by atoms with E-state index in [-0.39, 0.29) is 24.3 Å². The monoisotopic (exact) mass is 403 g/mol. The highest BCUT2D eigenvalue weighted by atomic mass is 19.4. The zero-order valence-corrected chi connectivity index (χ0v) is 15.5. The van der Waals surface area contributed by atoms with E-state index in [9.17, 15) is 23.1 Å². The summed E-state index contributed by atoms with van der Waals surface area (Å²) in [4.78, 5) is 15.9. The largest absolute Gasteiger partial charge is 0.478 e. The third kappa shape index (κ3) is 4.52. The molecular weight excluding hydrogens is 383 g/mol. The smallest absolute Gasteiger partial charge is 0.389 e. The molecule has 29 heavy (non-hydrogen) atoms. The SMILES string of the molecule is O=C(O)c1cc(C2CC2)cnc1Nc1ccc2c(ccn2CCCC(F)(F)F)c1. The minimum Gasteiger partial charge on any atom is -0.478 e. The second-order valence-electron chi connectivity index (χ2n) is 7.37. The predicted octanol–water partition coefficient (Wildman–Crippen LogP) is 5.70. The highest BCUT2D eigenvalue weighted by molar-refractivity contribution is 5.94. The third-order valence-electron chi connectivity index (χ3n) is 5.08. The molecule has 0 amide bonds. The van der Waals surface area contributed by atoms with Crippen LogP contribution in [0.3, 0.4) is 0 Å². The average Bonchev–Trinajstić information content (AvgIpc) is 3.43. The summed E-state index contributed by atoms with van der Waals surface area (Å²) in [5, 5.41) is 13.4. The number of carbonyl (C=O) groups is 1. The zero-order chi connectivity index (χ0) is 20.6. The fraction of sp³-hybridized carbons (Fsp3) is 0.333. The van der Waals surface area contributed by atoms with Gasteiger partial charge < -0.3 is 15.0 Å². The third-order valence-corrected chi connectivity index (χ3v) is 5.08. The number of carboxylic acid groups (broad SMARTS) is 1. The van der Waals surface area contributed by atoms with Crippen molar-refractivity contribution in [3.05, 3.63) is 53.9 Å². The number of rotatable bonds is 7. The number of nitrogens with one attached hydrogen (secondary N) is 1. The molecule has 1 fully saturated rings. The molecule has 1 aliphatic rings. The second-order valence-corrected chi connectivity index (χ2v) is 7.37. The van der Waals surface area contributed by atoms with Gasteiger partial charge in [0.15, 0.2) is 0 Å². The van der Waals surface area contributed by atoms with Gasteiger partial charge in [0, 0.05) is 41.9 Å². The van der Waals surface area contributed by atoms with Crippen LogP contribution in [0.1, 0.15) is 47.5 Å². The van der Waals surface area contributed by atoms with E-state index < -0.39 is 18.6 Å². The Kier molecular flexibility index (Phi) is 4.94. The van der Waals surface area contributed by atoms with E-state index in [1.165, 1.54) is 0 Å². The van der Waals surface area contributed by atoms with Gasteiger partial charge in [-0.05, 0) is 61.1 Å². The molecule has 0 saturated heterocycles. The van der Waals surface area contributed by atoms with Gasteiger partial charge in [-0.15, -0.1) is 0 Å². The number of hydrogen-bond acceptors (Lipinski definition) is 3. The molecule has 2 heterocycles. The quantitative estimate of drug-likeness (QED) is 0.531. The lowest BCUT2D eigenvalue weighted by molar-refractivity contribution is -0.135. The van der Waals surface area contributed by atoms with Crippen LogP contribution in [0.4, 0.5) is 24.7 Å². The highest BCUT2D eigenvalue weighted by Crippen LogP contribution is 2.40. The Hall–Kier alpha value is -3.03. The van der Waals surface area contributed by atoms with Crippen LogP contribution in [-0.2, 0) is 6.54 Å². The number of fused-ring (bicyclic) bond motifs is 1. The summed E-state index contributed by atoms with van der Waals surface area (Å²) >= 11 is 0. The molecule has 0 aliphatic heterocycles. The van der Waals surface area contributed by atoms with E-state index in [0.717, 1.165) is 29.3 Å². The molecule has 0 spiro atoms. The lowest BCUT2D eigenvalue weighted by Crippen LogP contribution is -2.09. The first-order valence-corrected chi connectivity index (χ1v) is 9.46. The molecule has 1 aliphatic carbocycles. The van der Waals surface area contributed by atoms with Crippen LogP contribution in [0.25, 0.3) is 10.9 Å². The molecular formula is C21H20F3N3O2. The van der Waals surface area contributed by atoms with E-state index in [4.69, 9.17) is 0 Å². The highest BCUT2D eigenvalue weighted by Gasteiger charge is 2.27. The first kappa shape index (κ1) is 19.3. The van der Waals surface area contributed by atoms with E-state index in [0.29, 0.717) is 11.6 Å². The summed E-state index contributed by atoms with van der Waals surface area (Å²) < 4.78 is 38.9. The number of hydrogen-bond donors (Lipinski definition) is 2. The number of nitrogens with zero attached hydrogens (tertiary/aromatic N) is 2. The molecule has 0 bridgehead atoms. The number of alkyl halides is 3. The van der Waals surface area contributed by atoms with E-state index in [2.05, 4.69) is 10.3 Å². The van der Waals surface area contributed by atoms with Crippen LogP contribution >= 0.6 is 0 Å². The van der Waals surface area contributed by atoms with E-state index >= 15 is 0 Å². The molecule has 8 heteroatoms. The Morgan fingerprint density at radius 1 is 1.24 bits per heavy atom. The Morgan fingerprint density at radius 2 is 2.03 bits per heavy atom. The number of benzene rings is 1. The predicted molar refractivity (Wildman–Crippen MR) is 104 cm³/mol. The van der Waals surface area contributed by atoms with Crippen molar-refractivity contribution in [3.63, 3.8) is 0 Å². The lowest BCUT2D eigenvalue weighted by Gasteiger charge is -2.11. The summed E-state index contributed by atoms with van der Waals surface area (Å²) in [7, 11) is 0. The van der Waals surface area contributed by atoms with Gasteiger partial charge >= 0.3 is 12.1 Å². The number of pyridine rings is 1. The zero-order valence-electron chi connectivity index (χ0n) is 15.5. The maximum absolute atomic E-state index is 12.4. The average molecular weight is 403 g/mol. The molecule has 152 valence electrons. The first-order valence-electron chi connectivity index (χ1n) is 9.46. The van der Waals surface area contributed by atoms with Gasteiger partial charge in [-0.25, -0.2) is 9.78 Å². The standard InChI is InChI=1S/C21H20F3N3O2/c22-21(23,24)7-1-8-27-9-6-14-10-16(4-5-18(14)27)26-19-17(20(28)29)11-15(12-25-19)13-2-3-13/h4-6,9-13H,1-3,7-8H2,(H,25,26)(H,28,29). The molecule has 0 unspecified atom stereocenters. The number of aromatic nitrogens is 2. The molecule has 2 N–H and O–H groups in total. The fourth-order valence-electron chi connectivity index (χ4n) is 3.44. The number of aryl methyl sites for hydroxylation is 1. The maximum Gasteiger partial charge on any atom is 0.389 e. The Balaban J connectivity index is 1.52. The van der Waals surface area contributed by atoms with Crippen LogP contribution < -0.4 is 5.32 Å². The molecule has 0 radical (unpaired) electrons. The molecule has 4 rings (SSSR count). The van der Waals surface area contributed by atoms with Crippen LogP contribution in [0.2, 0.25) is 0 Å². The van der Waals surface area contributed by atoms with Gasteiger partial charge in [-0.3, -0.25) is 0 Å². The van der Waals surface area contributed by atoms with Gasteiger partial charge in [0.2, 0.25) is 0 Å². The molecule has 1 saturated carbocycles. The molecule has 5 nitrogen and oxygen atoms in total. The normalized spacial score (nSPS) is 14.3. The number of halogens is 3. The van der Waals surface area contributed by atoms with Gasteiger partial charge in [0.25, 0.3) is 0 Å². The topological polar surface area (TPSA) is 67.2 Å². The van der Waals surface area contributed by atoms with Crippen molar-refractivity contribution in [1.82, 2.24) is 9.55 Å².